The molecule has 3 aromatic rings. The number of nitrogens with zero attached hydrogens (tertiary/aromatic N) is 2. The number of furan rings is 1. The molecule has 3 rings (SSSR count). The lowest BCUT2D eigenvalue weighted by atomic mass is 10.2. The van der Waals surface area contributed by atoms with E-state index >= 15 is 0 Å². The minimum Gasteiger partial charge on any atom is -0.496 e. The van der Waals surface area contributed by atoms with Crippen LogP contribution in [0, 0.1) is 0 Å². The van der Waals surface area contributed by atoms with Crippen LogP contribution in [0.4, 0.5) is 0 Å². The summed E-state index contributed by atoms with van der Waals surface area (Å²) in [7, 11) is 1.56. The largest absolute Gasteiger partial charge is 0.496 e. The third-order valence-corrected chi connectivity index (χ3v) is 3.37. The van der Waals surface area contributed by atoms with Crippen molar-refractivity contribution in [1.29, 1.82) is 0 Å². The number of carbonyl (C=O) groups excluding carboxylic acids is 1. The Morgan fingerprint density at radius 1 is 1.19 bits per heavy atom. The lowest BCUT2D eigenvalue weighted by Crippen LogP contribution is -1.89. The Morgan fingerprint density at radius 3 is 2.81 bits per heavy atom. The van der Waals surface area contributed by atoms with Gasteiger partial charge in [0, 0.05) is 11.8 Å². The van der Waals surface area contributed by atoms with Gasteiger partial charge in [-0.15, -0.1) is 10.2 Å². The van der Waals surface area contributed by atoms with Crippen LogP contribution < -0.4 is 4.74 Å². The van der Waals surface area contributed by atoms with E-state index in [1.54, 1.807) is 31.4 Å². The van der Waals surface area contributed by atoms with E-state index in [0.29, 0.717) is 17.2 Å². The van der Waals surface area contributed by atoms with Gasteiger partial charge in [0.2, 0.25) is 0 Å². The Balaban J connectivity index is 1.82. The summed E-state index contributed by atoms with van der Waals surface area (Å²) in [6, 6.07) is 10.5. The fraction of sp³-hybridized carbons (Fsp3) is 0.0714. The average molecular weight is 302 g/mol. The second-order valence-corrected chi connectivity index (χ2v) is 4.86. The van der Waals surface area contributed by atoms with Crippen molar-refractivity contribution in [2.45, 2.75) is 5.22 Å². The summed E-state index contributed by atoms with van der Waals surface area (Å²) in [4.78, 5) is 11.9. The van der Waals surface area contributed by atoms with Crippen LogP contribution in [0.25, 0.3) is 11.5 Å². The minimum absolute atomic E-state index is 0.150. The molecule has 0 unspecified atom stereocenters. The molecule has 1 aromatic carbocycles. The summed E-state index contributed by atoms with van der Waals surface area (Å²) in [5, 5.41) is 7.63. The summed E-state index contributed by atoms with van der Waals surface area (Å²) >= 11 is 0.817. The number of hydrogen-bond donors (Lipinski definition) is 0. The topological polar surface area (TPSA) is 78.4 Å². The molecule has 0 saturated carbocycles. The molecular formula is C14H10N2O4S. The second-order valence-electron chi connectivity index (χ2n) is 3.94. The number of ether oxygens (including phenoxy) is 1. The molecule has 2 aromatic heterocycles. The number of hydrogen-bond acceptors (Lipinski definition) is 7. The first kappa shape index (κ1) is 13.4. The Labute approximate surface area is 124 Å². The Morgan fingerprint density at radius 2 is 2.05 bits per heavy atom. The van der Waals surface area contributed by atoms with E-state index in [0.717, 1.165) is 11.8 Å². The number of aromatic nitrogens is 2. The zero-order valence-electron chi connectivity index (χ0n) is 11.0. The van der Waals surface area contributed by atoms with Crippen LogP contribution in [0.5, 0.6) is 5.75 Å². The van der Waals surface area contributed by atoms with E-state index in [-0.39, 0.29) is 16.1 Å². The van der Waals surface area contributed by atoms with Gasteiger partial charge in [-0.3, -0.25) is 4.79 Å². The number of methoxy groups -OCH3 is 1. The molecule has 0 saturated heterocycles. The van der Waals surface area contributed by atoms with E-state index in [9.17, 15) is 4.79 Å². The highest BCUT2D eigenvalue weighted by molar-refractivity contribution is 8.13. The van der Waals surface area contributed by atoms with Gasteiger partial charge in [-0.05, 0) is 24.3 Å². The van der Waals surface area contributed by atoms with Crippen molar-refractivity contribution < 1.29 is 18.4 Å². The van der Waals surface area contributed by atoms with Gasteiger partial charge in [-0.25, -0.2) is 0 Å². The molecule has 21 heavy (non-hydrogen) atoms. The highest BCUT2D eigenvalue weighted by Crippen LogP contribution is 2.31. The molecule has 0 spiro atoms. The van der Waals surface area contributed by atoms with Crippen LogP contribution in [-0.2, 0) is 0 Å². The summed E-state index contributed by atoms with van der Waals surface area (Å²) in [6.07, 6.45) is 1.43. The molecule has 2 heterocycles. The molecule has 7 heteroatoms. The molecule has 6 nitrogen and oxygen atoms in total. The predicted molar refractivity (Wildman–Crippen MR) is 75.2 cm³/mol. The van der Waals surface area contributed by atoms with E-state index in [4.69, 9.17) is 13.6 Å². The predicted octanol–water partition coefficient (Wildman–Crippen LogP) is 3.27. The number of thioether (sulfide) groups is 1. The molecular weight excluding hydrogens is 292 g/mol. The normalized spacial score (nSPS) is 10.5. The first-order chi connectivity index (χ1) is 10.3. The van der Waals surface area contributed by atoms with Crippen LogP contribution in [0.2, 0.25) is 0 Å². The van der Waals surface area contributed by atoms with Crippen molar-refractivity contribution in [3.63, 3.8) is 0 Å². The van der Waals surface area contributed by atoms with Gasteiger partial charge >= 0.3 is 0 Å². The van der Waals surface area contributed by atoms with Crippen molar-refractivity contribution in [2.75, 3.05) is 7.11 Å². The van der Waals surface area contributed by atoms with Crippen LogP contribution in [0.3, 0.4) is 0 Å². The molecule has 0 amide bonds. The molecule has 0 fully saturated rings. The van der Waals surface area contributed by atoms with Gasteiger partial charge in [0.05, 0.1) is 18.9 Å². The van der Waals surface area contributed by atoms with E-state index in [1.807, 2.05) is 12.1 Å². The van der Waals surface area contributed by atoms with E-state index in [2.05, 4.69) is 10.2 Å². The van der Waals surface area contributed by atoms with Crippen LogP contribution in [-0.4, -0.2) is 22.4 Å². The molecule has 0 atom stereocenters. The minimum atomic E-state index is -0.296. The number of benzene rings is 1. The zero-order chi connectivity index (χ0) is 14.7. The fourth-order valence-corrected chi connectivity index (χ4v) is 2.28. The standard InChI is InChI=1S/C14H10N2O4S/c1-18-10-6-3-2-5-9(10)12-15-16-14(20-12)21-13(17)11-7-4-8-19-11/h2-8H,1H3. The maximum absolute atomic E-state index is 11.9. The summed E-state index contributed by atoms with van der Waals surface area (Å²) in [5.74, 6) is 1.15. The molecule has 0 aliphatic heterocycles. The maximum atomic E-state index is 11.9. The Bertz CT molecular complexity index is 752. The SMILES string of the molecule is COc1ccccc1-c1nnc(SC(=O)c2ccco2)o1. The molecule has 106 valence electrons. The molecule has 0 aliphatic rings. The highest BCUT2D eigenvalue weighted by Gasteiger charge is 2.18. The van der Waals surface area contributed by atoms with E-state index in [1.165, 1.54) is 6.26 Å². The van der Waals surface area contributed by atoms with Gasteiger partial charge in [0.25, 0.3) is 16.2 Å². The summed E-state index contributed by atoms with van der Waals surface area (Å²) < 4.78 is 15.7. The smallest absolute Gasteiger partial charge is 0.284 e. The first-order valence-electron chi connectivity index (χ1n) is 6.00. The number of para-hydroxylation sites is 1. The second kappa shape index (κ2) is 5.84. The average Bonchev–Trinajstić information content (AvgIpc) is 3.18. The molecule has 0 aliphatic carbocycles. The highest BCUT2D eigenvalue weighted by atomic mass is 32.2. The van der Waals surface area contributed by atoms with Crippen LogP contribution in [0.15, 0.2) is 56.7 Å². The fourth-order valence-electron chi connectivity index (χ4n) is 1.71. The van der Waals surface area contributed by atoms with Crippen molar-refractivity contribution >= 4 is 16.9 Å². The van der Waals surface area contributed by atoms with E-state index < -0.39 is 0 Å². The lowest BCUT2D eigenvalue weighted by molar-refractivity contribution is 0.106. The van der Waals surface area contributed by atoms with Gasteiger partial charge < -0.3 is 13.6 Å². The van der Waals surface area contributed by atoms with Crippen LogP contribution >= 0.6 is 11.8 Å². The van der Waals surface area contributed by atoms with Gasteiger partial charge in [0.1, 0.15) is 5.75 Å². The van der Waals surface area contributed by atoms with Crippen LogP contribution in [0.1, 0.15) is 10.6 Å². The molecule has 0 N–H and O–H groups in total. The Hall–Kier alpha value is -2.54. The number of carbonyl (C=O) groups is 1. The Kier molecular flexibility index (Phi) is 3.74. The third-order valence-electron chi connectivity index (χ3n) is 2.65. The van der Waals surface area contributed by atoms with Crippen molar-refractivity contribution in [3.8, 4) is 17.2 Å². The van der Waals surface area contributed by atoms with Crippen molar-refractivity contribution in [2.24, 2.45) is 0 Å². The van der Waals surface area contributed by atoms with Gasteiger partial charge in [0.15, 0.2) is 5.76 Å². The van der Waals surface area contributed by atoms with Crippen molar-refractivity contribution in [1.82, 2.24) is 10.2 Å². The summed E-state index contributed by atoms with van der Waals surface area (Å²) in [6.45, 7) is 0. The van der Waals surface area contributed by atoms with Gasteiger partial charge in [-0.2, -0.15) is 0 Å². The monoisotopic (exact) mass is 302 g/mol. The zero-order valence-corrected chi connectivity index (χ0v) is 11.8. The number of rotatable bonds is 4. The lowest BCUT2D eigenvalue weighted by Gasteiger charge is -2.03. The summed E-state index contributed by atoms with van der Waals surface area (Å²) in [5.41, 5.74) is 0.671. The van der Waals surface area contributed by atoms with Crippen molar-refractivity contribution in [3.05, 3.63) is 48.4 Å². The van der Waals surface area contributed by atoms with Gasteiger partial charge in [-0.1, -0.05) is 12.1 Å². The maximum Gasteiger partial charge on any atom is 0.284 e. The molecule has 0 radical (unpaired) electrons. The quantitative estimate of drug-likeness (QED) is 0.684. The molecule has 0 bridgehead atoms. The third kappa shape index (κ3) is 2.82. The first-order valence-corrected chi connectivity index (χ1v) is 6.82.